The second-order valence-electron chi connectivity index (χ2n) is 6.88. The minimum Gasteiger partial charge on any atom is -0.497 e. The molecule has 0 N–H and O–H groups in total. The third-order valence-corrected chi connectivity index (χ3v) is 6.94. The first-order valence-corrected chi connectivity index (χ1v) is 11.6. The van der Waals surface area contributed by atoms with E-state index >= 15 is 0 Å². The molecule has 0 spiro atoms. The lowest BCUT2D eigenvalue weighted by Crippen LogP contribution is -2.37. The number of carbonyl (C=O) groups is 1. The Morgan fingerprint density at radius 3 is 2.83 bits per heavy atom. The molecular weight excluding hydrogens is 404 g/mol. The van der Waals surface area contributed by atoms with Crippen molar-refractivity contribution >= 4 is 44.4 Å². The van der Waals surface area contributed by atoms with Gasteiger partial charge in [-0.1, -0.05) is 23.5 Å². The largest absolute Gasteiger partial charge is 0.497 e. The number of ether oxygens (including phenoxy) is 2. The Kier molecular flexibility index (Phi) is 6.69. The summed E-state index contributed by atoms with van der Waals surface area (Å²) in [6.07, 6.45) is 2.61. The summed E-state index contributed by atoms with van der Waals surface area (Å²) in [6.45, 7) is 1.35. The minimum atomic E-state index is 0.0974. The van der Waals surface area contributed by atoms with E-state index in [1.807, 2.05) is 53.4 Å². The molecule has 4 rings (SSSR count). The first kappa shape index (κ1) is 20.2. The number of amides is 1. The van der Waals surface area contributed by atoms with Crippen molar-refractivity contribution < 1.29 is 14.3 Å². The highest BCUT2D eigenvalue weighted by molar-refractivity contribution is 7.99. The number of para-hydroxylation sites is 1. The maximum absolute atomic E-state index is 13.1. The highest BCUT2D eigenvalue weighted by Gasteiger charge is 2.25. The van der Waals surface area contributed by atoms with Crippen molar-refractivity contribution in [1.82, 2.24) is 4.98 Å². The van der Waals surface area contributed by atoms with Crippen LogP contribution in [0.2, 0.25) is 0 Å². The van der Waals surface area contributed by atoms with Gasteiger partial charge in [-0.05, 0) is 49.2 Å². The number of thioether (sulfide) groups is 1. The number of hydrogen-bond donors (Lipinski definition) is 0. The van der Waals surface area contributed by atoms with Gasteiger partial charge in [0.2, 0.25) is 5.91 Å². The maximum Gasteiger partial charge on any atom is 0.229 e. The molecule has 2 heterocycles. The van der Waals surface area contributed by atoms with Crippen LogP contribution in [0.5, 0.6) is 5.75 Å². The number of rotatable bonds is 8. The first-order valence-electron chi connectivity index (χ1n) is 9.77. The second kappa shape index (κ2) is 9.61. The maximum atomic E-state index is 13.1. The topological polar surface area (TPSA) is 51.7 Å². The van der Waals surface area contributed by atoms with Crippen molar-refractivity contribution in [2.45, 2.75) is 30.3 Å². The van der Waals surface area contributed by atoms with Gasteiger partial charge in [0, 0.05) is 23.7 Å². The zero-order valence-electron chi connectivity index (χ0n) is 16.4. The van der Waals surface area contributed by atoms with E-state index in [0.29, 0.717) is 13.0 Å². The Labute approximate surface area is 179 Å². The highest BCUT2D eigenvalue weighted by atomic mass is 32.2. The monoisotopic (exact) mass is 428 g/mol. The zero-order chi connectivity index (χ0) is 20.1. The van der Waals surface area contributed by atoms with E-state index in [1.54, 1.807) is 30.2 Å². The number of carbonyl (C=O) groups excluding carboxylic acids is 1. The molecule has 5 nitrogen and oxygen atoms in total. The van der Waals surface area contributed by atoms with Gasteiger partial charge in [-0.15, -0.1) is 11.8 Å². The molecule has 0 saturated carbocycles. The van der Waals surface area contributed by atoms with Gasteiger partial charge in [-0.3, -0.25) is 9.69 Å². The van der Waals surface area contributed by atoms with Crippen molar-refractivity contribution in [2.24, 2.45) is 0 Å². The Morgan fingerprint density at radius 2 is 2.10 bits per heavy atom. The molecule has 0 radical (unpaired) electrons. The Hall–Kier alpha value is -2.09. The van der Waals surface area contributed by atoms with E-state index in [-0.39, 0.29) is 12.0 Å². The fraction of sp³-hybridized carbons (Fsp3) is 0.364. The lowest BCUT2D eigenvalue weighted by molar-refractivity contribution is -0.118. The van der Waals surface area contributed by atoms with Gasteiger partial charge in [0.15, 0.2) is 5.13 Å². The van der Waals surface area contributed by atoms with Crippen LogP contribution in [0.15, 0.2) is 53.4 Å². The molecule has 152 valence electrons. The summed E-state index contributed by atoms with van der Waals surface area (Å²) in [4.78, 5) is 20.8. The number of thiazole rings is 1. The summed E-state index contributed by atoms with van der Waals surface area (Å²) >= 11 is 3.25. The van der Waals surface area contributed by atoms with Crippen LogP contribution in [-0.2, 0) is 9.53 Å². The smallest absolute Gasteiger partial charge is 0.229 e. The molecule has 1 atom stereocenters. The first-order chi connectivity index (χ1) is 14.2. The lowest BCUT2D eigenvalue weighted by Gasteiger charge is -2.23. The number of aromatic nitrogens is 1. The summed E-state index contributed by atoms with van der Waals surface area (Å²) in [5.74, 6) is 1.66. The van der Waals surface area contributed by atoms with Gasteiger partial charge < -0.3 is 9.47 Å². The van der Waals surface area contributed by atoms with E-state index in [2.05, 4.69) is 0 Å². The van der Waals surface area contributed by atoms with Crippen LogP contribution in [-0.4, -0.2) is 43.0 Å². The molecule has 7 heteroatoms. The number of fused-ring (bicyclic) bond motifs is 1. The van der Waals surface area contributed by atoms with Gasteiger partial charge in [0.05, 0.1) is 30.0 Å². The van der Waals surface area contributed by atoms with Crippen LogP contribution in [0.25, 0.3) is 10.2 Å². The molecule has 3 aromatic rings. The third-order valence-electron chi connectivity index (χ3n) is 4.87. The summed E-state index contributed by atoms with van der Waals surface area (Å²) in [6, 6.07) is 15.9. The summed E-state index contributed by atoms with van der Waals surface area (Å²) in [5, 5.41) is 0.765. The summed E-state index contributed by atoms with van der Waals surface area (Å²) in [5.41, 5.74) is 0.935. The van der Waals surface area contributed by atoms with Crippen molar-refractivity contribution in [3.63, 3.8) is 0 Å². The average Bonchev–Trinajstić information content (AvgIpc) is 3.41. The van der Waals surface area contributed by atoms with Gasteiger partial charge in [0.1, 0.15) is 5.75 Å². The third kappa shape index (κ3) is 5.10. The zero-order valence-corrected chi connectivity index (χ0v) is 18.0. The van der Waals surface area contributed by atoms with Gasteiger partial charge >= 0.3 is 0 Å². The van der Waals surface area contributed by atoms with Gasteiger partial charge in [-0.25, -0.2) is 4.98 Å². The standard InChI is InChI=1S/C22H24N2O3S2/c1-26-16-8-10-18(11-9-16)28-14-12-21(25)24(15-17-5-4-13-27-17)22-23-19-6-2-3-7-20(19)29-22/h2-3,6-11,17H,4-5,12-15H2,1H3. The molecule has 1 aliphatic rings. The molecule has 1 aromatic heterocycles. The predicted octanol–water partition coefficient (Wildman–Crippen LogP) is 5.00. The lowest BCUT2D eigenvalue weighted by atomic mass is 10.2. The van der Waals surface area contributed by atoms with E-state index in [1.165, 1.54) is 0 Å². The summed E-state index contributed by atoms with van der Waals surface area (Å²) < 4.78 is 12.1. The highest BCUT2D eigenvalue weighted by Crippen LogP contribution is 2.30. The van der Waals surface area contributed by atoms with E-state index in [4.69, 9.17) is 14.5 Å². The number of benzene rings is 2. The normalized spacial score (nSPS) is 16.2. The number of anilines is 1. The Balaban J connectivity index is 1.43. The van der Waals surface area contributed by atoms with Crippen LogP contribution in [0, 0.1) is 0 Å². The van der Waals surface area contributed by atoms with Crippen LogP contribution in [0.4, 0.5) is 5.13 Å². The van der Waals surface area contributed by atoms with E-state index in [0.717, 1.165) is 51.2 Å². The molecule has 0 bridgehead atoms. The Morgan fingerprint density at radius 1 is 1.28 bits per heavy atom. The molecule has 0 aliphatic carbocycles. The Bertz CT molecular complexity index is 919. The van der Waals surface area contributed by atoms with Crippen molar-refractivity contribution in [3.05, 3.63) is 48.5 Å². The molecule has 1 aliphatic heterocycles. The van der Waals surface area contributed by atoms with Crippen LogP contribution in [0.1, 0.15) is 19.3 Å². The number of hydrogen-bond acceptors (Lipinski definition) is 6. The van der Waals surface area contributed by atoms with Crippen molar-refractivity contribution in [3.8, 4) is 5.75 Å². The van der Waals surface area contributed by atoms with Crippen LogP contribution in [0.3, 0.4) is 0 Å². The van der Waals surface area contributed by atoms with Crippen LogP contribution >= 0.6 is 23.1 Å². The predicted molar refractivity (Wildman–Crippen MR) is 119 cm³/mol. The minimum absolute atomic E-state index is 0.0974. The quantitative estimate of drug-likeness (QED) is 0.473. The van der Waals surface area contributed by atoms with Crippen molar-refractivity contribution in [1.29, 1.82) is 0 Å². The fourth-order valence-electron chi connectivity index (χ4n) is 3.32. The van der Waals surface area contributed by atoms with Gasteiger partial charge in [-0.2, -0.15) is 0 Å². The van der Waals surface area contributed by atoms with Crippen molar-refractivity contribution in [2.75, 3.05) is 30.9 Å². The van der Waals surface area contributed by atoms with Crippen LogP contribution < -0.4 is 9.64 Å². The summed E-state index contributed by atoms with van der Waals surface area (Å²) in [7, 11) is 1.66. The second-order valence-corrected chi connectivity index (χ2v) is 9.05. The van der Waals surface area contributed by atoms with E-state index in [9.17, 15) is 4.79 Å². The SMILES string of the molecule is COc1ccc(SCCC(=O)N(CC2CCCO2)c2nc3ccccc3s2)cc1. The molecule has 1 unspecified atom stereocenters. The average molecular weight is 429 g/mol. The molecule has 1 amide bonds. The molecule has 1 saturated heterocycles. The number of nitrogens with zero attached hydrogens (tertiary/aromatic N) is 2. The molecular formula is C22H24N2O3S2. The fourth-order valence-corrected chi connectivity index (χ4v) is 5.15. The van der Waals surface area contributed by atoms with E-state index < -0.39 is 0 Å². The van der Waals surface area contributed by atoms with Gasteiger partial charge in [0.25, 0.3) is 0 Å². The number of methoxy groups -OCH3 is 1. The molecule has 29 heavy (non-hydrogen) atoms. The molecule has 2 aromatic carbocycles. The molecule has 1 fully saturated rings.